The zero-order chi connectivity index (χ0) is 16.4. The second-order valence-electron chi connectivity index (χ2n) is 6.98. The molecule has 23 heavy (non-hydrogen) atoms. The van der Waals surface area contributed by atoms with Crippen LogP contribution in [0, 0.1) is 0 Å². The highest BCUT2D eigenvalue weighted by molar-refractivity contribution is 5.58. The van der Waals surface area contributed by atoms with Gasteiger partial charge < -0.3 is 0 Å². The van der Waals surface area contributed by atoms with Crippen molar-refractivity contribution in [2.75, 3.05) is 13.1 Å². The Balaban J connectivity index is 1.70. The van der Waals surface area contributed by atoms with Gasteiger partial charge in [-0.1, -0.05) is 76.9 Å². The minimum atomic E-state index is 1.14. The lowest BCUT2D eigenvalue weighted by Crippen LogP contribution is -2.15. The molecule has 1 aliphatic rings. The van der Waals surface area contributed by atoms with E-state index in [0.717, 1.165) is 19.5 Å². The van der Waals surface area contributed by atoms with Gasteiger partial charge in [0.25, 0.3) is 0 Å². The average molecular weight is 321 g/mol. The van der Waals surface area contributed by atoms with Crippen molar-refractivity contribution in [3.63, 3.8) is 0 Å². The Morgan fingerprint density at radius 3 is 1.91 bits per heavy atom. The predicted molar refractivity (Wildman–Crippen MR) is 104 cm³/mol. The van der Waals surface area contributed by atoms with Gasteiger partial charge in [-0.2, -0.15) is 5.10 Å². The van der Waals surface area contributed by atoms with Crippen LogP contribution in [0.15, 0.2) is 17.3 Å². The molecule has 0 aromatic rings. The van der Waals surface area contributed by atoms with Crippen LogP contribution in [0.5, 0.6) is 0 Å². The number of allylic oxidation sites excluding steroid dienone is 2. The van der Waals surface area contributed by atoms with E-state index in [9.17, 15) is 0 Å². The predicted octanol–water partition coefficient (Wildman–Crippen LogP) is 6.72. The quantitative estimate of drug-likeness (QED) is 0.228. The first kappa shape index (κ1) is 20.3. The SMILES string of the molecule is CCCCCCCC/C=C\CCCCCCCCN1CCC=N1. The minimum Gasteiger partial charge on any atom is -0.297 e. The van der Waals surface area contributed by atoms with Crippen molar-refractivity contribution in [3.8, 4) is 0 Å². The molecular formula is C21H40N2. The average Bonchev–Trinajstić information content (AvgIpc) is 3.08. The maximum absolute atomic E-state index is 4.34. The first-order valence-electron chi connectivity index (χ1n) is 10.4. The van der Waals surface area contributed by atoms with Gasteiger partial charge in [-0.3, -0.25) is 5.01 Å². The van der Waals surface area contributed by atoms with E-state index < -0.39 is 0 Å². The van der Waals surface area contributed by atoms with Gasteiger partial charge in [-0.15, -0.1) is 0 Å². The first-order chi connectivity index (χ1) is 11.4. The Hall–Kier alpha value is -0.790. The molecule has 0 bridgehead atoms. The molecule has 0 N–H and O–H groups in total. The van der Waals surface area contributed by atoms with E-state index in [-0.39, 0.29) is 0 Å². The summed E-state index contributed by atoms with van der Waals surface area (Å²) < 4.78 is 0. The highest BCUT2D eigenvalue weighted by atomic mass is 15.5. The van der Waals surface area contributed by atoms with Gasteiger partial charge >= 0.3 is 0 Å². The molecule has 134 valence electrons. The number of hydrazone groups is 1. The van der Waals surface area contributed by atoms with Crippen molar-refractivity contribution in [1.82, 2.24) is 5.01 Å². The summed E-state index contributed by atoms with van der Waals surface area (Å²) in [6.45, 7) is 4.59. The van der Waals surface area contributed by atoms with Crippen molar-refractivity contribution in [3.05, 3.63) is 12.2 Å². The molecule has 0 fully saturated rings. The number of hydrogen-bond donors (Lipinski definition) is 0. The molecule has 0 saturated heterocycles. The first-order valence-corrected chi connectivity index (χ1v) is 10.4. The minimum absolute atomic E-state index is 1.14. The van der Waals surface area contributed by atoms with Gasteiger partial charge in [0, 0.05) is 25.7 Å². The van der Waals surface area contributed by atoms with Crippen LogP contribution in [0.3, 0.4) is 0 Å². The summed E-state index contributed by atoms with van der Waals surface area (Å²) in [5.41, 5.74) is 0. The molecule has 1 rings (SSSR count). The molecule has 2 heteroatoms. The smallest absolute Gasteiger partial charge is 0.0410 e. The molecule has 0 aliphatic carbocycles. The fourth-order valence-corrected chi connectivity index (χ4v) is 3.15. The third-order valence-corrected chi connectivity index (χ3v) is 4.69. The van der Waals surface area contributed by atoms with E-state index in [4.69, 9.17) is 0 Å². The van der Waals surface area contributed by atoms with Gasteiger partial charge in [0.2, 0.25) is 0 Å². The summed E-state index contributed by atoms with van der Waals surface area (Å²) in [6, 6.07) is 0. The Labute approximate surface area is 145 Å². The Morgan fingerprint density at radius 1 is 0.783 bits per heavy atom. The summed E-state index contributed by atoms with van der Waals surface area (Å²) >= 11 is 0. The van der Waals surface area contributed by atoms with Crippen molar-refractivity contribution in [1.29, 1.82) is 0 Å². The van der Waals surface area contributed by atoms with Gasteiger partial charge in [-0.25, -0.2) is 0 Å². The lowest BCUT2D eigenvalue weighted by atomic mass is 10.1. The molecule has 0 amide bonds. The maximum Gasteiger partial charge on any atom is 0.0410 e. The maximum atomic E-state index is 4.34. The largest absolute Gasteiger partial charge is 0.297 e. The molecule has 1 heterocycles. The van der Waals surface area contributed by atoms with Crippen LogP contribution >= 0.6 is 0 Å². The summed E-state index contributed by atoms with van der Waals surface area (Å²) in [5, 5.41) is 6.56. The standard InChI is InChI=1S/C21H40N2/c1-2-3-4-5-6-7-8-9-10-11-12-13-14-15-16-17-20-23-21-18-19-22-23/h9-10,19H,2-8,11-18,20-21H2,1H3/b10-9-. The summed E-state index contributed by atoms with van der Waals surface area (Å²) in [5.74, 6) is 0. The summed E-state index contributed by atoms with van der Waals surface area (Å²) in [7, 11) is 0. The molecule has 0 aromatic heterocycles. The van der Waals surface area contributed by atoms with Crippen LogP contribution in [0.2, 0.25) is 0 Å². The number of nitrogens with zero attached hydrogens (tertiary/aromatic N) is 2. The molecule has 0 unspecified atom stereocenters. The van der Waals surface area contributed by atoms with E-state index in [0.29, 0.717) is 0 Å². The van der Waals surface area contributed by atoms with E-state index in [1.54, 1.807) is 0 Å². The second-order valence-corrected chi connectivity index (χ2v) is 6.98. The highest BCUT2D eigenvalue weighted by Gasteiger charge is 2.03. The molecular weight excluding hydrogens is 280 g/mol. The lowest BCUT2D eigenvalue weighted by Gasteiger charge is -2.12. The fourth-order valence-electron chi connectivity index (χ4n) is 3.15. The summed E-state index contributed by atoms with van der Waals surface area (Å²) in [4.78, 5) is 0. The van der Waals surface area contributed by atoms with Crippen LogP contribution in [-0.2, 0) is 0 Å². The van der Waals surface area contributed by atoms with Crippen LogP contribution in [-0.4, -0.2) is 24.3 Å². The van der Waals surface area contributed by atoms with Crippen LogP contribution in [0.25, 0.3) is 0 Å². The monoisotopic (exact) mass is 320 g/mol. The zero-order valence-corrected chi connectivity index (χ0v) is 15.6. The van der Waals surface area contributed by atoms with Crippen molar-refractivity contribution >= 4 is 6.21 Å². The van der Waals surface area contributed by atoms with Gasteiger partial charge in [0.05, 0.1) is 0 Å². The third-order valence-electron chi connectivity index (χ3n) is 4.69. The van der Waals surface area contributed by atoms with Gasteiger partial charge in [-0.05, 0) is 32.1 Å². The van der Waals surface area contributed by atoms with E-state index in [1.165, 1.54) is 89.9 Å². The molecule has 0 saturated carbocycles. The Bertz CT molecular complexity index is 296. The van der Waals surface area contributed by atoms with Crippen LogP contribution in [0.4, 0.5) is 0 Å². The molecule has 1 aliphatic heterocycles. The van der Waals surface area contributed by atoms with Gasteiger partial charge in [0.1, 0.15) is 0 Å². The van der Waals surface area contributed by atoms with E-state index in [1.807, 2.05) is 6.21 Å². The number of rotatable bonds is 16. The van der Waals surface area contributed by atoms with Crippen molar-refractivity contribution in [2.45, 2.75) is 103 Å². The lowest BCUT2D eigenvalue weighted by molar-refractivity contribution is 0.308. The Morgan fingerprint density at radius 2 is 1.35 bits per heavy atom. The van der Waals surface area contributed by atoms with Gasteiger partial charge in [0.15, 0.2) is 0 Å². The molecule has 0 aromatic carbocycles. The molecule has 0 spiro atoms. The topological polar surface area (TPSA) is 15.6 Å². The fraction of sp³-hybridized carbons (Fsp3) is 0.857. The zero-order valence-electron chi connectivity index (χ0n) is 15.6. The van der Waals surface area contributed by atoms with Crippen molar-refractivity contribution in [2.24, 2.45) is 5.10 Å². The van der Waals surface area contributed by atoms with Crippen molar-refractivity contribution < 1.29 is 0 Å². The second kappa shape index (κ2) is 16.1. The molecule has 0 atom stereocenters. The molecule has 0 radical (unpaired) electrons. The van der Waals surface area contributed by atoms with E-state index in [2.05, 4.69) is 29.2 Å². The third kappa shape index (κ3) is 13.4. The number of unbranched alkanes of at least 4 members (excludes halogenated alkanes) is 12. The Kier molecular flexibility index (Phi) is 14.2. The van der Waals surface area contributed by atoms with Crippen LogP contribution < -0.4 is 0 Å². The summed E-state index contributed by atoms with van der Waals surface area (Å²) in [6.07, 6.45) is 27.3. The molecule has 2 nitrogen and oxygen atoms in total. The highest BCUT2D eigenvalue weighted by Crippen LogP contribution is 2.10. The normalized spacial score (nSPS) is 14.4. The number of hydrogen-bond acceptors (Lipinski definition) is 2. The van der Waals surface area contributed by atoms with E-state index >= 15 is 0 Å². The van der Waals surface area contributed by atoms with Crippen LogP contribution in [0.1, 0.15) is 103 Å².